The number of aryl methyl sites for hydroxylation is 1. The summed E-state index contributed by atoms with van der Waals surface area (Å²) in [4.78, 5) is 32.0. The van der Waals surface area contributed by atoms with E-state index >= 15 is 0 Å². The Morgan fingerprint density at radius 1 is 1.03 bits per heavy atom. The highest BCUT2D eigenvalue weighted by Gasteiger charge is 2.53. The van der Waals surface area contributed by atoms with E-state index in [4.69, 9.17) is 0 Å². The van der Waals surface area contributed by atoms with Crippen molar-refractivity contribution in [2.75, 3.05) is 0 Å². The van der Waals surface area contributed by atoms with Crippen LogP contribution in [0.15, 0.2) is 66.7 Å². The quantitative estimate of drug-likeness (QED) is 0.272. The molecule has 1 fully saturated rings. The number of fused-ring (bicyclic) bond motifs is 3. The molecule has 1 saturated carbocycles. The zero-order chi connectivity index (χ0) is 27.0. The van der Waals surface area contributed by atoms with Gasteiger partial charge in [0.15, 0.2) is 5.54 Å². The average Bonchev–Trinajstić information content (AvgIpc) is 3.39. The first-order chi connectivity index (χ1) is 19.0. The number of rotatable bonds is 6. The fraction of sp³-hybridized carbons (Fsp3) is 0.375. The minimum Gasteiger partial charge on any atom is -0.351 e. The van der Waals surface area contributed by atoms with E-state index in [2.05, 4.69) is 18.3 Å². The first-order valence-corrected chi connectivity index (χ1v) is 14.9. The zero-order valence-corrected chi connectivity index (χ0v) is 23.1. The van der Waals surface area contributed by atoms with Crippen LogP contribution in [0.5, 0.6) is 0 Å². The molecule has 5 nitrogen and oxygen atoms in total. The second-order valence-corrected chi connectivity index (χ2v) is 12.0. The van der Waals surface area contributed by atoms with Gasteiger partial charge in [-0.1, -0.05) is 75.1 Å². The number of aromatic nitrogens is 1. The predicted molar refractivity (Wildman–Crippen MR) is 153 cm³/mol. The molecule has 2 aromatic heterocycles. The van der Waals surface area contributed by atoms with Gasteiger partial charge in [-0.15, -0.1) is 11.3 Å². The highest BCUT2D eigenvalue weighted by atomic mass is 32.1. The van der Waals surface area contributed by atoms with E-state index in [-0.39, 0.29) is 30.2 Å². The Labute approximate surface area is 232 Å². The number of nitrogens with zero attached hydrogens (tertiary/aromatic N) is 2. The van der Waals surface area contributed by atoms with Crippen molar-refractivity contribution in [1.29, 1.82) is 0 Å². The van der Waals surface area contributed by atoms with E-state index in [1.807, 2.05) is 47.0 Å². The smallest absolute Gasteiger partial charge is 0.272 e. The Morgan fingerprint density at radius 2 is 1.79 bits per heavy atom. The normalized spacial score (nSPS) is 20.2. The fourth-order valence-electron chi connectivity index (χ4n) is 6.28. The molecule has 0 bridgehead atoms. The summed E-state index contributed by atoms with van der Waals surface area (Å²) < 4.78 is 17.3. The molecule has 2 aliphatic rings. The van der Waals surface area contributed by atoms with Crippen molar-refractivity contribution < 1.29 is 14.0 Å². The van der Waals surface area contributed by atoms with Gasteiger partial charge >= 0.3 is 0 Å². The maximum Gasteiger partial charge on any atom is 0.272 e. The molecule has 0 unspecified atom stereocenters. The van der Waals surface area contributed by atoms with Gasteiger partial charge in [0.2, 0.25) is 0 Å². The first kappa shape index (κ1) is 25.8. The number of amides is 2. The highest BCUT2D eigenvalue weighted by molar-refractivity contribution is 7.19. The number of hydrogen-bond acceptors (Lipinski definition) is 3. The number of hydrogen-bond donors (Lipinski definition) is 1. The van der Waals surface area contributed by atoms with Gasteiger partial charge < -0.3 is 14.8 Å². The van der Waals surface area contributed by atoms with Crippen molar-refractivity contribution in [1.82, 2.24) is 14.8 Å². The second-order valence-electron chi connectivity index (χ2n) is 10.8. The summed E-state index contributed by atoms with van der Waals surface area (Å²) in [5.74, 6) is -0.739. The van der Waals surface area contributed by atoms with Crippen LogP contribution in [0.3, 0.4) is 0 Å². The summed E-state index contributed by atoms with van der Waals surface area (Å²) in [7, 11) is 0. The Balaban J connectivity index is 1.52. The molecule has 1 aliphatic carbocycles. The molecule has 0 saturated heterocycles. The van der Waals surface area contributed by atoms with E-state index < -0.39 is 5.54 Å². The van der Waals surface area contributed by atoms with Gasteiger partial charge in [-0.3, -0.25) is 9.59 Å². The first-order valence-electron chi connectivity index (χ1n) is 14.0. The lowest BCUT2D eigenvalue weighted by Gasteiger charge is -2.47. The molecule has 2 amide bonds. The molecule has 0 spiro atoms. The van der Waals surface area contributed by atoms with Crippen LogP contribution in [0.2, 0.25) is 0 Å². The largest absolute Gasteiger partial charge is 0.351 e. The monoisotopic (exact) mass is 543 g/mol. The SMILES string of the molecule is CCc1cc2c(cc3n2C[C@](C(=O)NC2CCCCCC2)(c2ccccc2)N(Cc2cccc(F)c2)C3=O)s1. The molecule has 4 aromatic rings. The summed E-state index contributed by atoms with van der Waals surface area (Å²) in [5, 5.41) is 3.39. The van der Waals surface area contributed by atoms with E-state index in [9.17, 15) is 14.0 Å². The molecule has 2 aromatic carbocycles. The van der Waals surface area contributed by atoms with Gasteiger partial charge in [0.05, 0.1) is 16.8 Å². The molecule has 1 N–H and O–H groups in total. The van der Waals surface area contributed by atoms with Gasteiger partial charge in [-0.2, -0.15) is 0 Å². The minimum atomic E-state index is -1.29. The summed E-state index contributed by atoms with van der Waals surface area (Å²) in [5.41, 5.74) is 1.70. The zero-order valence-electron chi connectivity index (χ0n) is 22.3. The van der Waals surface area contributed by atoms with Crippen LogP contribution in [-0.4, -0.2) is 27.3 Å². The Morgan fingerprint density at radius 3 is 2.51 bits per heavy atom. The van der Waals surface area contributed by atoms with Crippen LogP contribution >= 0.6 is 11.3 Å². The van der Waals surface area contributed by atoms with Gasteiger partial charge in [-0.05, 0) is 54.7 Å². The summed E-state index contributed by atoms with van der Waals surface area (Å²) in [6.45, 7) is 2.56. The molecule has 39 heavy (non-hydrogen) atoms. The van der Waals surface area contributed by atoms with Crippen molar-refractivity contribution in [3.05, 3.63) is 94.2 Å². The summed E-state index contributed by atoms with van der Waals surface area (Å²) in [6.07, 6.45) is 7.35. The third-order valence-electron chi connectivity index (χ3n) is 8.35. The number of halogens is 1. The van der Waals surface area contributed by atoms with E-state index in [1.165, 1.54) is 29.9 Å². The molecule has 7 heteroatoms. The van der Waals surface area contributed by atoms with Crippen LogP contribution in [0.4, 0.5) is 4.39 Å². The minimum absolute atomic E-state index is 0.0747. The Kier molecular flexibility index (Phi) is 7.02. The Hall–Kier alpha value is -3.45. The molecule has 202 valence electrons. The fourth-order valence-corrected chi connectivity index (χ4v) is 7.32. The lowest BCUT2D eigenvalue weighted by atomic mass is 9.83. The Bertz CT molecular complexity index is 1500. The highest BCUT2D eigenvalue weighted by Crippen LogP contribution is 2.42. The number of thiophene rings is 1. The maximum absolute atomic E-state index is 14.7. The van der Waals surface area contributed by atoms with Gasteiger partial charge in [-0.25, -0.2) is 4.39 Å². The standard InChI is InChI=1S/C32H34FN3O2S/c1-2-26-18-27-29(39-26)19-28-30(37)36(20-22-11-10-14-24(33)17-22)32(21-35(27)28,23-12-6-5-7-13-23)31(38)34-25-15-8-3-4-9-16-25/h5-7,10-14,17-19,25H,2-4,8-9,15-16,20-21H2,1H3,(H,34,38)/t32-/m1/s1. The van der Waals surface area contributed by atoms with Crippen LogP contribution in [-0.2, 0) is 29.8 Å². The molecule has 1 aliphatic heterocycles. The number of benzene rings is 2. The van der Waals surface area contributed by atoms with Crippen molar-refractivity contribution >= 4 is 33.4 Å². The maximum atomic E-state index is 14.7. The third-order valence-corrected chi connectivity index (χ3v) is 9.56. The number of carbonyl (C=O) groups is 2. The van der Waals surface area contributed by atoms with Crippen LogP contribution < -0.4 is 5.32 Å². The van der Waals surface area contributed by atoms with E-state index in [1.54, 1.807) is 22.3 Å². The summed E-state index contributed by atoms with van der Waals surface area (Å²) >= 11 is 1.69. The number of nitrogens with one attached hydrogen (secondary N) is 1. The molecule has 0 radical (unpaired) electrons. The van der Waals surface area contributed by atoms with Crippen molar-refractivity contribution in [2.45, 2.75) is 76.5 Å². The van der Waals surface area contributed by atoms with Crippen LogP contribution in [0, 0.1) is 5.82 Å². The lowest BCUT2D eigenvalue weighted by Crippen LogP contribution is -2.63. The molecular formula is C32H34FN3O2S. The second kappa shape index (κ2) is 10.6. The molecule has 3 heterocycles. The number of carbonyl (C=O) groups excluding carboxylic acids is 2. The van der Waals surface area contributed by atoms with Gasteiger partial charge in [0.1, 0.15) is 11.5 Å². The van der Waals surface area contributed by atoms with Crippen molar-refractivity contribution in [3.63, 3.8) is 0 Å². The third kappa shape index (κ3) is 4.67. The van der Waals surface area contributed by atoms with Gasteiger partial charge in [0, 0.05) is 17.5 Å². The topological polar surface area (TPSA) is 54.3 Å². The summed E-state index contributed by atoms with van der Waals surface area (Å²) in [6, 6.07) is 20.1. The van der Waals surface area contributed by atoms with E-state index in [0.29, 0.717) is 17.8 Å². The van der Waals surface area contributed by atoms with Gasteiger partial charge in [0.25, 0.3) is 11.8 Å². The predicted octanol–water partition coefficient (Wildman–Crippen LogP) is 6.79. The molecule has 1 atom stereocenters. The van der Waals surface area contributed by atoms with Crippen molar-refractivity contribution in [3.8, 4) is 0 Å². The van der Waals surface area contributed by atoms with Crippen LogP contribution in [0.25, 0.3) is 10.2 Å². The van der Waals surface area contributed by atoms with Crippen LogP contribution in [0.1, 0.15) is 71.9 Å². The lowest BCUT2D eigenvalue weighted by molar-refractivity contribution is -0.136. The molecular weight excluding hydrogens is 509 g/mol. The average molecular weight is 544 g/mol. The molecule has 6 rings (SSSR count). The van der Waals surface area contributed by atoms with Crippen molar-refractivity contribution in [2.24, 2.45) is 0 Å². The van der Waals surface area contributed by atoms with E-state index in [0.717, 1.165) is 47.9 Å².